The quantitative estimate of drug-likeness (QED) is 0.698. The molecular formula is C14H21ClFN. The number of benzene rings is 1. The third-order valence-corrected chi connectivity index (χ3v) is 3.22. The summed E-state index contributed by atoms with van der Waals surface area (Å²) in [6.07, 6.45) is 4.37. The number of halogens is 2. The van der Waals surface area contributed by atoms with Crippen LogP contribution in [0.3, 0.4) is 0 Å². The lowest BCUT2D eigenvalue weighted by Crippen LogP contribution is -2.22. The zero-order chi connectivity index (χ0) is 12.7. The van der Waals surface area contributed by atoms with Gasteiger partial charge in [-0.25, -0.2) is 4.39 Å². The number of hydrogen-bond acceptors (Lipinski definition) is 1. The first kappa shape index (κ1) is 14.5. The zero-order valence-electron chi connectivity index (χ0n) is 10.6. The van der Waals surface area contributed by atoms with Crippen molar-refractivity contribution in [1.82, 2.24) is 5.32 Å². The Morgan fingerprint density at radius 3 is 2.65 bits per heavy atom. The summed E-state index contributed by atoms with van der Waals surface area (Å²) in [6.45, 7) is 5.02. The zero-order valence-corrected chi connectivity index (χ0v) is 11.4. The van der Waals surface area contributed by atoms with E-state index in [9.17, 15) is 4.39 Å². The third-order valence-electron chi connectivity index (χ3n) is 2.90. The van der Waals surface area contributed by atoms with Crippen LogP contribution in [0.1, 0.15) is 51.1 Å². The molecule has 1 N–H and O–H groups in total. The molecule has 0 saturated carbocycles. The van der Waals surface area contributed by atoms with Crippen molar-refractivity contribution in [2.75, 3.05) is 6.54 Å². The van der Waals surface area contributed by atoms with Crippen molar-refractivity contribution < 1.29 is 4.39 Å². The average molecular weight is 258 g/mol. The van der Waals surface area contributed by atoms with Gasteiger partial charge in [0.2, 0.25) is 0 Å². The predicted molar refractivity (Wildman–Crippen MR) is 72.0 cm³/mol. The maximum Gasteiger partial charge on any atom is 0.129 e. The van der Waals surface area contributed by atoms with Crippen LogP contribution in [0.25, 0.3) is 0 Å². The number of unbranched alkanes of at least 4 members (excludes halogenated alkanes) is 2. The summed E-state index contributed by atoms with van der Waals surface area (Å²) < 4.78 is 13.8. The van der Waals surface area contributed by atoms with E-state index >= 15 is 0 Å². The molecule has 0 heterocycles. The highest BCUT2D eigenvalue weighted by Crippen LogP contribution is 2.29. The fraction of sp³-hybridized carbons (Fsp3) is 0.571. The molecule has 0 aliphatic carbocycles. The lowest BCUT2D eigenvalue weighted by molar-refractivity contribution is 0.464. The minimum Gasteiger partial charge on any atom is -0.310 e. The molecule has 3 heteroatoms. The largest absolute Gasteiger partial charge is 0.310 e. The second-order valence-electron chi connectivity index (χ2n) is 4.24. The SMILES string of the molecule is CCCCCC(NCC)c1c(F)cccc1Cl. The highest BCUT2D eigenvalue weighted by Gasteiger charge is 2.17. The van der Waals surface area contributed by atoms with Gasteiger partial charge in [0.05, 0.1) is 0 Å². The van der Waals surface area contributed by atoms with Gasteiger partial charge in [0.25, 0.3) is 0 Å². The van der Waals surface area contributed by atoms with Crippen LogP contribution in [0.15, 0.2) is 18.2 Å². The fourth-order valence-corrected chi connectivity index (χ4v) is 2.33. The van der Waals surface area contributed by atoms with Gasteiger partial charge in [-0.1, -0.05) is 50.8 Å². The minimum atomic E-state index is -0.208. The van der Waals surface area contributed by atoms with E-state index in [1.165, 1.54) is 18.9 Å². The van der Waals surface area contributed by atoms with E-state index in [0.29, 0.717) is 10.6 Å². The summed E-state index contributed by atoms with van der Waals surface area (Å²) in [4.78, 5) is 0. The third kappa shape index (κ3) is 4.29. The molecule has 0 aliphatic rings. The first-order valence-corrected chi connectivity index (χ1v) is 6.75. The molecule has 0 spiro atoms. The molecule has 1 aromatic rings. The van der Waals surface area contributed by atoms with Crippen LogP contribution in [0.5, 0.6) is 0 Å². The molecular weight excluding hydrogens is 237 g/mol. The molecule has 0 aromatic heterocycles. The highest BCUT2D eigenvalue weighted by molar-refractivity contribution is 6.31. The van der Waals surface area contributed by atoms with Crippen molar-refractivity contribution in [3.05, 3.63) is 34.6 Å². The monoisotopic (exact) mass is 257 g/mol. The molecule has 0 radical (unpaired) electrons. The summed E-state index contributed by atoms with van der Waals surface area (Å²) in [5.41, 5.74) is 0.618. The molecule has 0 saturated heterocycles. The minimum absolute atomic E-state index is 0.0280. The fourth-order valence-electron chi connectivity index (χ4n) is 2.04. The van der Waals surface area contributed by atoms with Gasteiger partial charge in [-0.2, -0.15) is 0 Å². The normalized spacial score (nSPS) is 12.7. The standard InChI is InChI=1S/C14H21ClFN/c1-3-5-6-10-13(17-4-2)14-11(15)8-7-9-12(14)16/h7-9,13,17H,3-6,10H2,1-2H3. The number of hydrogen-bond donors (Lipinski definition) is 1. The Labute approximate surface area is 108 Å². The van der Waals surface area contributed by atoms with Gasteiger partial charge in [0.1, 0.15) is 5.82 Å². The van der Waals surface area contributed by atoms with E-state index in [1.807, 2.05) is 6.92 Å². The average Bonchev–Trinajstić information content (AvgIpc) is 2.29. The van der Waals surface area contributed by atoms with Crippen LogP contribution in [-0.4, -0.2) is 6.54 Å². The Kier molecular flexibility index (Phi) is 6.53. The highest BCUT2D eigenvalue weighted by atomic mass is 35.5. The second-order valence-corrected chi connectivity index (χ2v) is 4.65. The van der Waals surface area contributed by atoms with Crippen LogP contribution in [0, 0.1) is 5.82 Å². The van der Waals surface area contributed by atoms with Crippen molar-refractivity contribution in [2.45, 2.75) is 45.6 Å². The van der Waals surface area contributed by atoms with Crippen molar-refractivity contribution >= 4 is 11.6 Å². The predicted octanol–water partition coefficient (Wildman–Crippen LogP) is 4.71. The smallest absolute Gasteiger partial charge is 0.129 e. The summed E-state index contributed by atoms with van der Waals surface area (Å²) in [6, 6.07) is 4.91. The Hall–Kier alpha value is -0.600. The Morgan fingerprint density at radius 1 is 1.29 bits per heavy atom. The van der Waals surface area contributed by atoms with Crippen LogP contribution < -0.4 is 5.32 Å². The van der Waals surface area contributed by atoms with Crippen molar-refractivity contribution in [3.63, 3.8) is 0 Å². The number of nitrogens with one attached hydrogen (secondary N) is 1. The van der Waals surface area contributed by atoms with E-state index in [1.54, 1.807) is 12.1 Å². The molecule has 0 aliphatic heterocycles. The van der Waals surface area contributed by atoms with Gasteiger partial charge in [-0.3, -0.25) is 0 Å². The first-order chi connectivity index (χ1) is 8.20. The van der Waals surface area contributed by atoms with E-state index in [0.717, 1.165) is 19.4 Å². The van der Waals surface area contributed by atoms with E-state index in [-0.39, 0.29) is 11.9 Å². The van der Waals surface area contributed by atoms with Crippen molar-refractivity contribution in [2.24, 2.45) is 0 Å². The van der Waals surface area contributed by atoms with Gasteiger partial charge >= 0.3 is 0 Å². The Balaban J connectivity index is 2.81. The van der Waals surface area contributed by atoms with Crippen LogP contribution in [0.2, 0.25) is 5.02 Å². The van der Waals surface area contributed by atoms with Crippen molar-refractivity contribution in [1.29, 1.82) is 0 Å². The summed E-state index contributed by atoms with van der Waals surface area (Å²) >= 11 is 6.09. The van der Waals surface area contributed by atoms with Gasteiger partial charge in [-0.05, 0) is 25.1 Å². The lowest BCUT2D eigenvalue weighted by Gasteiger charge is -2.20. The molecule has 0 bridgehead atoms. The Bertz CT molecular complexity index is 321. The molecule has 1 unspecified atom stereocenters. The summed E-state index contributed by atoms with van der Waals surface area (Å²) in [5, 5.41) is 3.84. The second kappa shape index (κ2) is 7.67. The van der Waals surface area contributed by atoms with Gasteiger partial charge < -0.3 is 5.32 Å². The topological polar surface area (TPSA) is 12.0 Å². The molecule has 17 heavy (non-hydrogen) atoms. The van der Waals surface area contributed by atoms with Gasteiger partial charge in [0, 0.05) is 16.6 Å². The molecule has 0 fully saturated rings. The van der Waals surface area contributed by atoms with Crippen molar-refractivity contribution in [3.8, 4) is 0 Å². The van der Waals surface area contributed by atoms with Gasteiger partial charge in [0.15, 0.2) is 0 Å². The number of rotatable bonds is 7. The molecule has 0 amide bonds. The van der Waals surface area contributed by atoms with Crippen LogP contribution in [-0.2, 0) is 0 Å². The molecule has 1 atom stereocenters. The van der Waals surface area contributed by atoms with E-state index in [2.05, 4.69) is 12.2 Å². The van der Waals surface area contributed by atoms with E-state index in [4.69, 9.17) is 11.6 Å². The maximum absolute atomic E-state index is 13.8. The lowest BCUT2D eigenvalue weighted by atomic mass is 9.99. The first-order valence-electron chi connectivity index (χ1n) is 6.38. The van der Waals surface area contributed by atoms with Crippen LogP contribution in [0.4, 0.5) is 4.39 Å². The molecule has 1 aromatic carbocycles. The molecule has 1 nitrogen and oxygen atoms in total. The van der Waals surface area contributed by atoms with Gasteiger partial charge in [-0.15, -0.1) is 0 Å². The maximum atomic E-state index is 13.8. The van der Waals surface area contributed by atoms with E-state index < -0.39 is 0 Å². The molecule has 96 valence electrons. The molecule has 1 rings (SSSR count). The van der Waals surface area contributed by atoms with Crippen LogP contribution >= 0.6 is 11.6 Å². The summed E-state index contributed by atoms with van der Waals surface area (Å²) in [7, 11) is 0. The summed E-state index contributed by atoms with van der Waals surface area (Å²) in [5.74, 6) is -0.208. The Morgan fingerprint density at radius 2 is 2.06 bits per heavy atom.